The van der Waals surface area contributed by atoms with E-state index in [1.54, 1.807) is 0 Å². The van der Waals surface area contributed by atoms with Gasteiger partial charge in [-0.3, -0.25) is 0 Å². The molecule has 0 aromatic rings. The fraction of sp³-hybridized carbons (Fsp3) is 1.00. The van der Waals surface area contributed by atoms with Gasteiger partial charge in [0.1, 0.15) is 0 Å². The van der Waals surface area contributed by atoms with Crippen molar-refractivity contribution in [1.82, 2.24) is 0 Å². The zero-order valence-corrected chi connectivity index (χ0v) is 8.68. The van der Waals surface area contributed by atoms with Crippen molar-refractivity contribution in [2.24, 2.45) is 0 Å². The van der Waals surface area contributed by atoms with Crippen molar-refractivity contribution in [2.75, 3.05) is 0 Å². The van der Waals surface area contributed by atoms with Gasteiger partial charge in [-0.15, -0.1) is 0 Å². The zero-order valence-electron chi connectivity index (χ0n) is 6.81. The Morgan fingerprint density at radius 2 is 1.60 bits per heavy atom. The van der Waals surface area contributed by atoms with E-state index in [2.05, 4.69) is 6.92 Å². The van der Waals surface area contributed by atoms with E-state index in [9.17, 15) is 3.74 Å². The number of hydrogen-bond acceptors (Lipinski definition) is 1. The first-order chi connectivity index (χ1) is 4.91. The minimum absolute atomic E-state index is 0.552. The normalized spacial score (nSPS) is 10.5. The number of rotatable bonds is 7. The molecule has 0 unspecified atom stereocenters. The third kappa shape index (κ3) is 8.36. The molecule has 0 N–H and O–H groups in total. The second kappa shape index (κ2) is 9.36. The predicted molar refractivity (Wildman–Crippen MR) is 44.6 cm³/mol. The Bertz CT molecular complexity index is 73.7. The molecule has 60 valence electrons. The first-order valence-corrected chi connectivity index (χ1v) is 6.30. The van der Waals surface area contributed by atoms with Crippen LogP contribution in [-0.4, -0.2) is 15.7 Å². The summed E-state index contributed by atoms with van der Waals surface area (Å²) in [5, 5.41) is 0.975. The van der Waals surface area contributed by atoms with E-state index in [1.165, 1.54) is 38.5 Å². The van der Waals surface area contributed by atoms with Crippen LogP contribution in [0.5, 0.6) is 0 Å². The van der Waals surface area contributed by atoms with Crippen molar-refractivity contribution in [3.8, 4) is 0 Å². The Morgan fingerprint density at radius 3 is 2.20 bits per heavy atom. The first kappa shape index (κ1) is 10.4. The molecule has 0 amide bonds. The molecule has 0 heterocycles. The fourth-order valence-corrected chi connectivity index (χ4v) is 1.70. The molecule has 0 radical (unpaired) electrons. The Morgan fingerprint density at radius 1 is 1.00 bits per heavy atom. The van der Waals surface area contributed by atoms with Crippen LogP contribution in [0, 0.1) is 0 Å². The molecule has 0 aromatic heterocycles. The average molecular weight is 204 g/mol. The summed E-state index contributed by atoms with van der Waals surface area (Å²) in [6.45, 7) is 2.22. The van der Waals surface area contributed by atoms with E-state index < -0.39 is 15.7 Å². The molecule has 0 saturated heterocycles. The molecule has 2 heteroatoms. The van der Waals surface area contributed by atoms with Gasteiger partial charge >= 0.3 is 70.1 Å². The van der Waals surface area contributed by atoms with Crippen LogP contribution in [0.1, 0.15) is 45.4 Å². The predicted octanol–water partition coefficient (Wildman–Crippen LogP) is 2.81. The van der Waals surface area contributed by atoms with Crippen LogP contribution in [0.15, 0.2) is 0 Å². The molecule has 0 spiro atoms. The van der Waals surface area contributed by atoms with Gasteiger partial charge in [0.25, 0.3) is 0 Å². The third-order valence-electron chi connectivity index (χ3n) is 1.60. The van der Waals surface area contributed by atoms with Crippen molar-refractivity contribution in [2.45, 2.75) is 50.7 Å². The molecule has 0 aromatic carbocycles. The molecule has 0 rings (SSSR count). The summed E-state index contributed by atoms with van der Waals surface area (Å²) in [7, 11) is 0. The summed E-state index contributed by atoms with van der Waals surface area (Å²) in [6.07, 6.45) is 7.87. The maximum absolute atomic E-state index is 10.1. The van der Waals surface area contributed by atoms with Gasteiger partial charge < -0.3 is 0 Å². The van der Waals surface area contributed by atoms with Crippen LogP contribution in [0.25, 0.3) is 0 Å². The number of hydrogen-bond donors (Lipinski definition) is 0. The van der Waals surface area contributed by atoms with E-state index in [4.69, 9.17) is 0 Å². The van der Waals surface area contributed by atoms with Crippen LogP contribution in [0.3, 0.4) is 0 Å². The van der Waals surface area contributed by atoms with Gasteiger partial charge in [0.15, 0.2) is 0 Å². The van der Waals surface area contributed by atoms with Crippen LogP contribution in [0.4, 0.5) is 0 Å². The summed E-state index contributed by atoms with van der Waals surface area (Å²) >= 11 is -0.552. The molecule has 0 aliphatic heterocycles. The Kier molecular flexibility index (Phi) is 9.69. The monoisotopic (exact) mass is 204 g/mol. The van der Waals surface area contributed by atoms with Crippen LogP contribution < -0.4 is 0 Å². The van der Waals surface area contributed by atoms with E-state index in [-0.39, 0.29) is 0 Å². The van der Waals surface area contributed by atoms with E-state index in [0.717, 1.165) is 5.21 Å². The quantitative estimate of drug-likeness (QED) is 0.460. The Hall–Kier alpha value is 0.358. The molecule has 0 atom stereocenters. The molecular weight excluding hydrogens is 187 g/mol. The van der Waals surface area contributed by atoms with Crippen molar-refractivity contribution in [1.29, 1.82) is 0 Å². The van der Waals surface area contributed by atoms with Crippen LogP contribution >= 0.6 is 0 Å². The van der Waals surface area contributed by atoms with Crippen molar-refractivity contribution in [3.63, 3.8) is 0 Å². The second-order valence-electron chi connectivity index (χ2n) is 2.62. The topological polar surface area (TPSA) is 17.1 Å². The average Bonchev–Trinajstić information content (AvgIpc) is 1.97. The molecule has 0 saturated carbocycles. The zero-order chi connectivity index (χ0) is 7.66. The molecule has 0 bridgehead atoms. The summed E-state index contributed by atoms with van der Waals surface area (Å²) in [6, 6.07) is 0. The Balaban J connectivity index is 2.70. The summed E-state index contributed by atoms with van der Waals surface area (Å²) < 4.78 is 10.1. The molecule has 0 fully saturated rings. The van der Waals surface area contributed by atoms with Gasteiger partial charge in [0.05, 0.1) is 0 Å². The first-order valence-electron chi connectivity index (χ1n) is 4.21. The van der Waals surface area contributed by atoms with E-state index in [0.29, 0.717) is 0 Å². The standard InChI is InChI=1S/C8H17AsO/c1-2-3-4-5-6-7-8-9-10/h2-8H2,1H3. The molecule has 0 aliphatic rings. The van der Waals surface area contributed by atoms with Crippen molar-refractivity contribution in [3.05, 3.63) is 0 Å². The second-order valence-corrected chi connectivity index (χ2v) is 4.10. The summed E-state index contributed by atoms with van der Waals surface area (Å²) in [5.41, 5.74) is 0. The Labute approximate surface area is 70.5 Å². The van der Waals surface area contributed by atoms with Crippen LogP contribution in [0.2, 0.25) is 5.21 Å². The van der Waals surface area contributed by atoms with Gasteiger partial charge in [0.2, 0.25) is 0 Å². The van der Waals surface area contributed by atoms with E-state index in [1.807, 2.05) is 0 Å². The van der Waals surface area contributed by atoms with Gasteiger partial charge in [0, 0.05) is 0 Å². The summed E-state index contributed by atoms with van der Waals surface area (Å²) in [4.78, 5) is 0. The fourth-order valence-electron chi connectivity index (χ4n) is 0.957. The SMILES string of the molecule is CCCCCCCC[As]=O. The molecule has 1 nitrogen and oxygen atoms in total. The molecular formula is C8H17AsO. The van der Waals surface area contributed by atoms with Gasteiger partial charge in [-0.25, -0.2) is 0 Å². The third-order valence-corrected chi connectivity index (χ3v) is 2.65. The van der Waals surface area contributed by atoms with Gasteiger partial charge in [-0.1, -0.05) is 0 Å². The molecule has 10 heavy (non-hydrogen) atoms. The minimum atomic E-state index is -0.552. The molecule has 0 aliphatic carbocycles. The van der Waals surface area contributed by atoms with E-state index >= 15 is 0 Å². The maximum atomic E-state index is 10.1. The van der Waals surface area contributed by atoms with Gasteiger partial charge in [-0.2, -0.15) is 0 Å². The van der Waals surface area contributed by atoms with Crippen LogP contribution in [-0.2, 0) is 3.74 Å². The van der Waals surface area contributed by atoms with Gasteiger partial charge in [-0.05, 0) is 0 Å². The van der Waals surface area contributed by atoms with Crippen molar-refractivity contribution < 1.29 is 3.74 Å². The summed E-state index contributed by atoms with van der Waals surface area (Å²) in [5.74, 6) is 0. The van der Waals surface area contributed by atoms with Crippen molar-refractivity contribution >= 4 is 15.7 Å². The number of unbranched alkanes of at least 4 members (excludes halogenated alkanes) is 5.